The summed E-state index contributed by atoms with van der Waals surface area (Å²) >= 11 is 12.9. The summed E-state index contributed by atoms with van der Waals surface area (Å²) < 4.78 is 15.9. The van der Waals surface area contributed by atoms with Gasteiger partial charge in [0.05, 0.1) is 26.6 Å². The predicted octanol–water partition coefficient (Wildman–Crippen LogP) is 3.46. The van der Waals surface area contributed by atoms with Gasteiger partial charge < -0.3 is 19.3 Å². The van der Waals surface area contributed by atoms with E-state index in [0.717, 1.165) is 0 Å². The topological polar surface area (TPSA) is 65.0 Å². The molecule has 3 atom stereocenters. The van der Waals surface area contributed by atoms with Crippen molar-refractivity contribution in [1.29, 1.82) is 0 Å². The van der Waals surface area contributed by atoms with E-state index in [1.807, 2.05) is 6.07 Å². The van der Waals surface area contributed by atoms with Gasteiger partial charge in [0.25, 0.3) is 0 Å². The number of carbonyl (C=O) groups excluding carboxylic acids is 1. The molecule has 2 rings (SSSR count). The van der Waals surface area contributed by atoms with Gasteiger partial charge >= 0.3 is 0 Å². The van der Waals surface area contributed by atoms with E-state index in [1.165, 1.54) is 33.5 Å². The Labute approximate surface area is 156 Å². The standard InChI is InChI=1S/C18H20Cl2O5/c1-23-14-11-17(19,22)15(18(20,25-3)16(14)24-2)10-9-13(21)12-7-5-4-6-8-12/h4-10,15,22H,11H2,1-3H3/b10-9+. The largest absolute Gasteiger partial charge is 0.497 e. The molecule has 0 aliphatic heterocycles. The van der Waals surface area contributed by atoms with Crippen LogP contribution in [0.2, 0.25) is 0 Å². The lowest BCUT2D eigenvalue weighted by Gasteiger charge is -2.44. The van der Waals surface area contributed by atoms with Gasteiger partial charge in [-0.15, -0.1) is 0 Å². The number of methoxy groups -OCH3 is 3. The molecule has 1 N–H and O–H groups in total. The number of benzene rings is 1. The lowest BCUT2D eigenvalue weighted by molar-refractivity contribution is -0.0705. The zero-order valence-electron chi connectivity index (χ0n) is 14.2. The molecule has 0 saturated carbocycles. The molecule has 1 aromatic carbocycles. The van der Waals surface area contributed by atoms with E-state index in [2.05, 4.69) is 0 Å². The van der Waals surface area contributed by atoms with E-state index in [9.17, 15) is 9.90 Å². The highest BCUT2D eigenvalue weighted by Crippen LogP contribution is 2.51. The van der Waals surface area contributed by atoms with Gasteiger partial charge in [0.15, 0.2) is 16.6 Å². The lowest BCUT2D eigenvalue weighted by atomic mass is 9.84. The average molecular weight is 387 g/mol. The molecular weight excluding hydrogens is 367 g/mol. The van der Waals surface area contributed by atoms with E-state index in [4.69, 9.17) is 37.4 Å². The van der Waals surface area contributed by atoms with Crippen LogP contribution in [0.1, 0.15) is 16.8 Å². The molecule has 0 amide bonds. The van der Waals surface area contributed by atoms with Gasteiger partial charge in [-0.05, 0) is 6.08 Å². The number of aliphatic hydroxyl groups is 1. The van der Waals surface area contributed by atoms with Crippen LogP contribution in [0.4, 0.5) is 0 Å². The molecule has 5 nitrogen and oxygen atoms in total. The third-order valence-electron chi connectivity index (χ3n) is 4.09. The minimum Gasteiger partial charge on any atom is -0.497 e. The molecule has 3 unspecified atom stereocenters. The second-order valence-electron chi connectivity index (χ2n) is 5.57. The Balaban J connectivity index is 2.42. The van der Waals surface area contributed by atoms with Crippen LogP contribution < -0.4 is 0 Å². The summed E-state index contributed by atoms with van der Waals surface area (Å²) in [7, 11) is 4.19. The maximum atomic E-state index is 12.3. The van der Waals surface area contributed by atoms with Crippen molar-refractivity contribution in [1.82, 2.24) is 0 Å². The predicted molar refractivity (Wildman–Crippen MR) is 95.5 cm³/mol. The third-order valence-corrected chi connectivity index (χ3v) is 5.02. The van der Waals surface area contributed by atoms with Crippen molar-refractivity contribution in [3.05, 3.63) is 59.6 Å². The molecule has 0 heterocycles. The first-order valence-electron chi connectivity index (χ1n) is 7.54. The smallest absolute Gasteiger partial charge is 0.212 e. The second-order valence-corrected chi connectivity index (χ2v) is 6.79. The zero-order valence-corrected chi connectivity index (χ0v) is 15.7. The van der Waals surface area contributed by atoms with Gasteiger partial charge in [-0.2, -0.15) is 0 Å². The van der Waals surface area contributed by atoms with Crippen molar-refractivity contribution in [2.24, 2.45) is 5.92 Å². The Bertz CT molecular complexity index is 684. The molecule has 0 saturated heterocycles. The third kappa shape index (κ3) is 3.85. The van der Waals surface area contributed by atoms with Crippen molar-refractivity contribution in [3.8, 4) is 0 Å². The Morgan fingerprint density at radius 1 is 1.20 bits per heavy atom. The molecule has 0 bridgehead atoms. The first kappa shape index (κ1) is 19.8. The van der Waals surface area contributed by atoms with Crippen LogP contribution in [0, 0.1) is 5.92 Å². The molecule has 1 aliphatic carbocycles. The Morgan fingerprint density at radius 2 is 1.84 bits per heavy atom. The minimum absolute atomic E-state index is 0.0550. The van der Waals surface area contributed by atoms with E-state index < -0.39 is 16.0 Å². The Kier molecular flexibility index (Phi) is 6.16. The SMILES string of the molecule is COC1=C(OC)C(Cl)(OC)C(/C=C/C(=O)c2ccccc2)C(O)(Cl)C1. The summed E-state index contributed by atoms with van der Waals surface area (Å²) in [6, 6.07) is 8.71. The molecule has 25 heavy (non-hydrogen) atoms. The molecule has 7 heteroatoms. The van der Waals surface area contributed by atoms with Gasteiger partial charge in [0, 0.05) is 12.7 Å². The Hall–Kier alpha value is -1.53. The number of carbonyl (C=O) groups is 1. The number of hydrogen-bond donors (Lipinski definition) is 1. The van der Waals surface area contributed by atoms with Crippen LogP contribution in [-0.4, -0.2) is 42.3 Å². The van der Waals surface area contributed by atoms with Crippen molar-refractivity contribution in [2.75, 3.05) is 21.3 Å². The fourth-order valence-corrected chi connectivity index (χ4v) is 3.66. The quantitative estimate of drug-likeness (QED) is 0.460. The zero-order chi connectivity index (χ0) is 18.7. The number of rotatable bonds is 6. The summed E-state index contributed by atoms with van der Waals surface area (Å²) in [6.45, 7) is 0. The van der Waals surface area contributed by atoms with Gasteiger partial charge in [0.1, 0.15) is 5.76 Å². The normalized spacial score (nSPS) is 29.8. The average Bonchev–Trinajstić information content (AvgIpc) is 2.61. The molecule has 136 valence electrons. The fraction of sp³-hybridized carbons (Fsp3) is 0.389. The van der Waals surface area contributed by atoms with E-state index in [0.29, 0.717) is 5.56 Å². The van der Waals surface area contributed by atoms with E-state index in [1.54, 1.807) is 24.3 Å². The highest BCUT2D eigenvalue weighted by molar-refractivity contribution is 6.28. The highest BCUT2D eigenvalue weighted by atomic mass is 35.5. The first-order chi connectivity index (χ1) is 11.8. The van der Waals surface area contributed by atoms with E-state index in [-0.39, 0.29) is 23.7 Å². The van der Waals surface area contributed by atoms with Gasteiger partial charge in [-0.1, -0.05) is 59.6 Å². The van der Waals surface area contributed by atoms with Crippen LogP contribution in [0.5, 0.6) is 0 Å². The summed E-state index contributed by atoms with van der Waals surface area (Å²) in [5.74, 6) is -0.735. The molecule has 1 aliphatic rings. The molecule has 0 aromatic heterocycles. The number of alkyl halides is 2. The monoisotopic (exact) mass is 386 g/mol. The maximum absolute atomic E-state index is 12.3. The van der Waals surface area contributed by atoms with Crippen molar-refractivity contribution in [3.63, 3.8) is 0 Å². The summed E-state index contributed by atoms with van der Waals surface area (Å²) in [5.41, 5.74) is 0.505. The number of halogens is 2. The van der Waals surface area contributed by atoms with Crippen molar-refractivity contribution in [2.45, 2.75) is 16.5 Å². The first-order valence-corrected chi connectivity index (χ1v) is 8.30. The highest BCUT2D eigenvalue weighted by Gasteiger charge is 2.57. The van der Waals surface area contributed by atoms with Crippen molar-refractivity contribution >= 4 is 29.0 Å². The molecule has 0 spiro atoms. The number of hydrogen-bond acceptors (Lipinski definition) is 5. The summed E-state index contributed by atoms with van der Waals surface area (Å²) in [5, 5.41) is 7.22. The van der Waals surface area contributed by atoms with Crippen molar-refractivity contribution < 1.29 is 24.1 Å². The fourth-order valence-electron chi connectivity index (χ4n) is 2.82. The molecule has 1 aromatic rings. The summed E-state index contributed by atoms with van der Waals surface area (Å²) in [4.78, 5) is 12.3. The Morgan fingerprint density at radius 3 is 2.36 bits per heavy atom. The van der Waals surface area contributed by atoms with Gasteiger partial charge in [-0.25, -0.2) is 0 Å². The van der Waals surface area contributed by atoms with Crippen LogP contribution in [-0.2, 0) is 14.2 Å². The lowest BCUT2D eigenvalue weighted by Crippen LogP contribution is -2.52. The summed E-state index contributed by atoms with van der Waals surface area (Å²) in [6.07, 6.45) is 2.69. The van der Waals surface area contributed by atoms with Crippen LogP contribution in [0.25, 0.3) is 0 Å². The van der Waals surface area contributed by atoms with Gasteiger partial charge in [-0.3, -0.25) is 4.79 Å². The van der Waals surface area contributed by atoms with E-state index >= 15 is 0 Å². The molecule has 0 radical (unpaired) electrons. The van der Waals surface area contributed by atoms with Crippen LogP contribution in [0.15, 0.2) is 54.0 Å². The second kappa shape index (κ2) is 7.79. The molecular formula is C18H20Cl2O5. The number of ether oxygens (including phenoxy) is 3. The minimum atomic E-state index is -1.82. The van der Waals surface area contributed by atoms with Crippen LogP contribution >= 0.6 is 23.2 Å². The molecule has 0 fully saturated rings. The number of allylic oxidation sites excluding steroid dienone is 1. The maximum Gasteiger partial charge on any atom is 0.212 e. The van der Waals surface area contributed by atoms with Gasteiger partial charge in [0.2, 0.25) is 5.06 Å². The number of ketones is 1. The van der Waals surface area contributed by atoms with Crippen LogP contribution in [0.3, 0.4) is 0 Å².